The highest BCUT2D eigenvalue weighted by molar-refractivity contribution is 6.31. The minimum atomic E-state index is -1.47. The number of hydrogen-bond acceptors (Lipinski definition) is 5. The Morgan fingerprint density at radius 2 is 1.54 bits per heavy atom. The molecule has 0 saturated carbocycles. The maximum absolute atomic E-state index is 12.1. The third kappa shape index (κ3) is 4.61. The van der Waals surface area contributed by atoms with E-state index in [1.165, 1.54) is 4.90 Å². The molecule has 0 atom stereocenters. The zero-order chi connectivity index (χ0) is 17.5. The summed E-state index contributed by atoms with van der Waals surface area (Å²) in [5.41, 5.74) is 0. The smallest absolute Gasteiger partial charge is 0.394 e. The van der Waals surface area contributed by atoms with E-state index in [2.05, 4.69) is 0 Å². The molecule has 0 spiro atoms. The SMILES string of the molecule is COc1ccc(OCCC(=O)N2CCN(C(=O)C(=O)O)CC2)cc1. The Balaban J connectivity index is 1.71. The number of piperazine rings is 1. The maximum atomic E-state index is 12.1. The van der Waals surface area contributed by atoms with Crippen LogP contribution in [0, 0.1) is 0 Å². The average molecular weight is 336 g/mol. The van der Waals surface area contributed by atoms with Crippen LogP contribution in [0.4, 0.5) is 0 Å². The molecule has 1 saturated heterocycles. The molecule has 1 aromatic rings. The highest BCUT2D eigenvalue weighted by Gasteiger charge is 2.27. The van der Waals surface area contributed by atoms with Gasteiger partial charge in [0.15, 0.2) is 0 Å². The molecule has 8 heteroatoms. The highest BCUT2D eigenvalue weighted by atomic mass is 16.5. The first-order valence-electron chi connectivity index (χ1n) is 7.58. The number of carbonyl (C=O) groups excluding carboxylic acids is 2. The summed E-state index contributed by atoms with van der Waals surface area (Å²) < 4.78 is 10.6. The minimum absolute atomic E-state index is 0.0778. The lowest BCUT2D eigenvalue weighted by Crippen LogP contribution is -2.52. The van der Waals surface area contributed by atoms with E-state index in [1.54, 1.807) is 36.3 Å². The van der Waals surface area contributed by atoms with Gasteiger partial charge in [0.1, 0.15) is 11.5 Å². The van der Waals surface area contributed by atoms with E-state index in [-0.39, 0.29) is 32.0 Å². The largest absolute Gasteiger partial charge is 0.497 e. The fourth-order valence-electron chi connectivity index (χ4n) is 2.38. The number of rotatable bonds is 5. The maximum Gasteiger partial charge on any atom is 0.394 e. The summed E-state index contributed by atoms with van der Waals surface area (Å²) in [5, 5.41) is 8.67. The van der Waals surface area contributed by atoms with Crippen molar-refractivity contribution in [1.29, 1.82) is 0 Å². The van der Waals surface area contributed by atoms with E-state index in [1.807, 2.05) is 0 Å². The fraction of sp³-hybridized carbons (Fsp3) is 0.438. The van der Waals surface area contributed by atoms with Crippen molar-refractivity contribution in [2.45, 2.75) is 6.42 Å². The number of methoxy groups -OCH3 is 1. The monoisotopic (exact) mass is 336 g/mol. The second-order valence-electron chi connectivity index (χ2n) is 5.25. The third-order valence-corrected chi connectivity index (χ3v) is 3.75. The summed E-state index contributed by atoms with van der Waals surface area (Å²) in [6.07, 6.45) is 0.221. The normalized spacial score (nSPS) is 14.2. The zero-order valence-electron chi connectivity index (χ0n) is 13.4. The Labute approximate surface area is 139 Å². The van der Waals surface area contributed by atoms with Crippen molar-refractivity contribution in [2.24, 2.45) is 0 Å². The topological polar surface area (TPSA) is 96.4 Å². The Hall–Kier alpha value is -2.77. The van der Waals surface area contributed by atoms with Gasteiger partial charge in [-0.3, -0.25) is 9.59 Å². The Kier molecular flexibility index (Phi) is 6.00. The summed E-state index contributed by atoms with van der Waals surface area (Å²) in [4.78, 5) is 36.9. The van der Waals surface area contributed by atoms with Gasteiger partial charge in [-0.1, -0.05) is 0 Å². The molecule has 0 unspecified atom stereocenters. The van der Waals surface area contributed by atoms with Crippen molar-refractivity contribution in [3.05, 3.63) is 24.3 Å². The summed E-state index contributed by atoms with van der Waals surface area (Å²) in [7, 11) is 1.58. The zero-order valence-corrected chi connectivity index (χ0v) is 13.4. The van der Waals surface area contributed by atoms with Crippen molar-refractivity contribution in [3.63, 3.8) is 0 Å². The first-order chi connectivity index (χ1) is 11.5. The van der Waals surface area contributed by atoms with Crippen molar-refractivity contribution in [1.82, 2.24) is 9.80 Å². The molecule has 1 fully saturated rings. The van der Waals surface area contributed by atoms with Crippen molar-refractivity contribution in [2.75, 3.05) is 39.9 Å². The van der Waals surface area contributed by atoms with Gasteiger partial charge in [0.25, 0.3) is 0 Å². The summed E-state index contributed by atoms with van der Waals surface area (Å²) in [5.74, 6) is -1.09. The van der Waals surface area contributed by atoms with Gasteiger partial charge in [0.2, 0.25) is 5.91 Å². The molecule has 1 heterocycles. The van der Waals surface area contributed by atoms with Crippen molar-refractivity contribution >= 4 is 17.8 Å². The lowest BCUT2D eigenvalue weighted by Gasteiger charge is -2.33. The van der Waals surface area contributed by atoms with Crippen LogP contribution in [-0.4, -0.2) is 72.6 Å². The first-order valence-corrected chi connectivity index (χ1v) is 7.58. The molecule has 130 valence electrons. The molecule has 2 rings (SSSR count). The van der Waals surface area contributed by atoms with Gasteiger partial charge in [0, 0.05) is 26.2 Å². The Morgan fingerprint density at radius 3 is 2.08 bits per heavy atom. The number of nitrogens with zero attached hydrogens (tertiary/aromatic N) is 2. The number of carboxylic acid groups (broad SMARTS) is 1. The first kappa shape index (κ1) is 17.6. The molecule has 1 N–H and O–H groups in total. The van der Waals surface area contributed by atoms with Crippen LogP contribution in [0.5, 0.6) is 11.5 Å². The predicted octanol–water partition coefficient (Wildman–Crippen LogP) is 0.220. The van der Waals surface area contributed by atoms with Gasteiger partial charge in [-0.05, 0) is 24.3 Å². The lowest BCUT2D eigenvalue weighted by molar-refractivity contribution is -0.157. The van der Waals surface area contributed by atoms with Crippen LogP contribution in [0.2, 0.25) is 0 Å². The highest BCUT2D eigenvalue weighted by Crippen LogP contribution is 2.17. The lowest BCUT2D eigenvalue weighted by atomic mass is 10.2. The molecule has 0 bridgehead atoms. The molecule has 2 amide bonds. The van der Waals surface area contributed by atoms with E-state index >= 15 is 0 Å². The Bertz CT molecular complexity index is 593. The van der Waals surface area contributed by atoms with Crippen molar-refractivity contribution < 1.29 is 29.0 Å². The van der Waals surface area contributed by atoms with E-state index in [9.17, 15) is 14.4 Å². The molecule has 24 heavy (non-hydrogen) atoms. The molecule has 0 aromatic heterocycles. The molecule has 0 radical (unpaired) electrons. The van der Waals surface area contributed by atoms with E-state index in [0.29, 0.717) is 18.8 Å². The van der Waals surface area contributed by atoms with Crippen LogP contribution in [-0.2, 0) is 14.4 Å². The number of carboxylic acids is 1. The van der Waals surface area contributed by atoms with E-state index < -0.39 is 11.9 Å². The predicted molar refractivity (Wildman–Crippen MR) is 83.9 cm³/mol. The second kappa shape index (κ2) is 8.19. The molecular formula is C16H20N2O6. The number of benzene rings is 1. The number of amides is 2. The quantitative estimate of drug-likeness (QED) is 0.773. The fourth-order valence-corrected chi connectivity index (χ4v) is 2.38. The van der Waals surface area contributed by atoms with Crippen LogP contribution in [0.15, 0.2) is 24.3 Å². The molecule has 0 aliphatic carbocycles. The van der Waals surface area contributed by atoms with Gasteiger partial charge in [-0.15, -0.1) is 0 Å². The number of carbonyl (C=O) groups is 3. The Morgan fingerprint density at radius 1 is 1.00 bits per heavy atom. The molecule has 1 aliphatic rings. The molecule has 1 aromatic carbocycles. The minimum Gasteiger partial charge on any atom is -0.497 e. The van der Waals surface area contributed by atoms with Crippen LogP contribution in [0.3, 0.4) is 0 Å². The van der Waals surface area contributed by atoms with Crippen molar-refractivity contribution in [3.8, 4) is 11.5 Å². The second-order valence-corrected chi connectivity index (χ2v) is 5.25. The summed E-state index contributed by atoms with van der Waals surface area (Å²) in [6.45, 7) is 1.38. The summed E-state index contributed by atoms with van der Waals surface area (Å²) >= 11 is 0. The number of ether oxygens (including phenoxy) is 2. The molecule has 1 aliphatic heterocycles. The van der Waals surface area contributed by atoms with Crippen LogP contribution in [0.1, 0.15) is 6.42 Å². The van der Waals surface area contributed by atoms with Gasteiger partial charge in [-0.25, -0.2) is 4.79 Å². The van der Waals surface area contributed by atoms with Gasteiger partial charge >= 0.3 is 11.9 Å². The van der Waals surface area contributed by atoms with E-state index in [0.717, 1.165) is 5.75 Å². The molecular weight excluding hydrogens is 316 g/mol. The van der Waals surface area contributed by atoms with Crippen LogP contribution >= 0.6 is 0 Å². The van der Waals surface area contributed by atoms with Crippen LogP contribution < -0.4 is 9.47 Å². The van der Waals surface area contributed by atoms with Gasteiger partial charge < -0.3 is 24.4 Å². The van der Waals surface area contributed by atoms with Crippen LogP contribution in [0.25, 0.3) is 0 Å². The van der Waals surface area contributed by atoms with Gasteiger partial charge in [-0.2, -0.15) is 0 Å². The average Bonchev–Trinajstić information content (AvgIpc) is 2.61. The van der Waals surface area contributed by atoms with Gasteiger partial charge in [0.05, 0.1) is 20.1 Å². The number of aliphatic carboxylic acids is 1. The standard InChI is InChI=1S/C16H20N2O6/c1-23-12-2-4-13(5-3-12)24-11-6-14(19)17-7-9-18(10-8-17)15(20)16(21)22/h2-5H,6-11H2,1H3,(H,21,22). The summed E-state index contributed by atoms with van der Waals surface area (Å²) in [6, 6.07) is 7.07. The third-order valence-electron chi connectivity index (χ3n) is 3.75. The molecule has 8 nitrogen and oxygen atoms in total. The number of hydrogen-bond donors (Lipinski definition) is 1. The van der Waals surface area contributed by atoms with E-state index in [4.69, 9.17) is 14.6 Å².